The summed E-state index contributed by atoms with van der Waals surface area (Å²) < 4.78 is 39.4. The Kier molecular flexibility index (Phi) is 5.17. The van der Waals surface area contributed by atoms with Gasteiger partial charge in [-0.2, -0.15) is 13.2 Å². The fourth-order valence-corrected chi connectivity index (χ4v) is 4.24. The summed E-state index contributed by atoms with van der Waals surface area (Å²) in [7, 11) is 1.90. The SMILES string of the molecule is CN1c2cc(C(=O)NCc3ccccc3C(F)(F)F)ccc2C(=O)N2CCCC[C@@H]21. The molecule has 0 aliphatic carbocycles. The van der Waals surface area contributed by atoms with Gasteiger partial charge in [0.1, 0.15) is 6.17 Å². The predicted octanol–water partition coefficient (Wildman–Crippen LogP) is 4.04. The zero-order chi connectivity index (χ0) is 21.5. The normalized spacial score (nSPS) is 18.7. The largest absolute Gasteiger partial charge is 0.416 e. The highest BCUT2D eigenvalue weighted by Crippen LogP contribution is 2.35. The number of carbonyl (C=O) groups excluding carboxylic acids is 2. The van der Waals surface area contributed by atoms with Crippen molar-refractivity contribution in [2.45, 2.75) is 38.1 Å². The second-order valence-electron chi connectivity index (χ2n) is 7.66. The van der Waals surface area contributed by atoms with Crippen molar-refractivity contribution in [2.75, 3.05) is 18.5 Å². The Morgan fingerprint density at radius 3 is 2.70 bits per heavy atom. The number of hydrogen-bond donors (Lipinski definition) is 1. The van der Waals surface area contributed by atoms with Crippen molar-refractivity contribution in [1.29, 1.82) is 0 Å². The lowest BCUT2D eigenvalue weighted by molar-refractivity contribution is -0.138. The maximum Gasteiger partial charge on any atom is 0.416 e. The molecule has 0 bridgehead atoms. The molecule has 0 radical (unpaired) electrons. The third-order valence-corrected chi connectivity index (χ3v) is 5.81. The summed E-state index contributed by atoms with van der Waals surface area (Å²) in [6.45, 7) is 0.477. The number of fused-ring (bicyclic) bond motifs is 2. The lowest BCUT2D eigenvalue weighted by atomic mass is 9.97. The first-order chi connectivity index (χ1) is 14.3. The molecule has 1 N–H and O–H groups in total. The van der Waals surface area contributed by atoms with Crippen LogP contribution in [0.1, 0.15) is 51.1 Å². The second kappa shape index (κ2) is 7.66. The first-order valence-electron chi connectivity index (χ1n) is 9.88. The molecule has 0 aromatic heterocycles. The molecule has 0 spiro atoms. The minimum Gasteiger partial charge on any atom is -0.354 e. The van der Waals surface area contributed by atoms with Crippen molar-refractivity contribution in [3.05, 3.63) is 64.7 Å². The van der Waals surface area contributed by atoms with Crippen LogP contribution in [0.15, 0.2) is 42.5 Å². The van der Waals surface area contributed by atoms with Crippen LogP contribution in [0.5, 0.6) is 0 Å². The maximum absolute atomic E-state index is 13.1. The van der Waals surface area contributed by atoms with Gasteiger partial charge >= 0.3 is 6.18 Å². The summed E-state index contributed by atoms with van der Waals surface area (Å²) >= 11 is 0. The van der Waals surface area contributed by atoms with Gasteiger partial charge in [0.25, 0.3) is 11.8 Å². The van der Waals surface area contributed by atoms with Gasteiger partial charge in [-0.25, -0.2) is 0 Å². The molecule has 5 nitrogen and oxygen atoms in total. The molecule has 2 aromatic carbocycles. The molecule has 1 fully saturated rings. The number of nitrogens with zero attached hydrogens (tertiary/aromatic N) is 2. The summed E-state index contributed by atoms with van der Waals surface area (Å²) in [4.78, 5) is 29.3. The number of piperidine rings is 1. The molecule has 2 amide bonds. The molecule has 1 saturated heterocycles. The smallest absolute Gasteiger partial charge is 0.354 e. The lowest BCUT2D eigenvalue weighted by Gasteiger charge is -2.46. The van der Waals surface area contributed by atoms with E-state index in [9.17, 15) is 22.8 Å². The molecule has 30 heavy (non-hydrogen) atoms. The maximum atomic E-state index is 13.1. The number of nitrogens with one attached hydrogen (secondary N) is 1. The van der Waals surface area contributed by atoms with Crippen LogP contribution < -0.4 is 10.2 Å². The van der Waals surface area contributed by atoms with Crippen molar-refractivity contribution in [2.24, 2.45) is 0 Å². The van der Waals surface area contributed by atoms with E-state index in [1.54, 1.807) is 18.2 Å². The molecule has 2 heterocycles. The molecule has 2 aromatic rings. The second-order valence-corrected chi connectivity index (χ2v) is 7.66. The van der Waals surface area contributed by atoms with E-state index in [2.05, 4.69) is 5.32 Å². The monoisotopic (exact) mass is 417 g/mol. The molecule has 1 atom stereocenters. The first-order valence-corrected chi connectivity index (χ1v) is 9.88. The van der Waals surface area contributed by atoms with Crippen LogP contribution in [0, 0.1) is 0 Å². The summed E-state index contributed by atoms with van der Waals surface area (Å²) in [5.74, 6) is -0.527. The van der Waals surface area contributed by atoms with Crippen LogP contribution in [0.3, 0.4) is 0 Å². The zero-order valence-electron chi connectivity index (χ0n) is 16.5. The minimum atomic E-state index is -4.48. The Balaban J connectivity index is 1.55. The van der Waals surface area contributed by atoms with Crippen LogP contribution in [-0.2, 0) is 12.7 Å². The third-order valence-electron chi connectivity index (χ3n) is 5.81. The summed E-state index contributed by atoms with van der Waals surface area (Å²) in [6, 6.07) is 9.98. The van der Waals surface area contributed by atoms with Crippen LogP contribution in [0.25, 0.3) is 0 Å². The molecule has 2 aliphatic heterocycles. The van der Waals surface area contributed by atoms with Gasteiger partial charge < -0.3 is 15.1 Å². The lowest BCUT2D eigenvalue weighted by Crippen LogP contribution is -2.55. The number of anilines is 1. The Hall–Kier alpha value is -3.03. The van der Waals surface area contributed by atoms with Gasteiger partial charge in [-0.15, -0.1) is 0 Å². The number of benzene rings is 2. The quantitative estimate of drug-likeness (QED) is 0.820. The van der Waals surface area contributed by atoms with E-state index < -0.39 is 17.6 Å². The molecule has 0 saturated carbocycles. The van der Waals surface area contributed by atoms with Crippen LogP contribution >= 0.6 is 0 Å². The van der Waals surface area contributed by atoms with Gasteiger partial charge in [-0.3, -0.25) is 9.59 Å². The topological polar surface area (TPSA) is 52.7 Å². The van der Waals surface area contributed by atoms with E-state index in [0.29, 0.717) is 23.4 Å². The standard InChI is InChI=1S/C22H22F3N3O2/c1-27-18-12-14(9-10-16(18)21(30)28-11-5-4-8-19(27)28)20(29)26-13-15-6-2-3-7-17(15)22(23,24)25/h2-3,6-7,9-10,12,19H,4-5,8,11,13H2,1H3,(H,26,29)/t19-/m1/s1. The fraction of sp³-hybridized carbons (Fsp3) is 0.364. The summed E-state index contributed by atoms with van der Waals surface area (Å²) in [5, 5.41) is 2.56. The average molecular weight is 417 g/mol. The number of halogens is 3. The predicted molar refractivity (Wildman–Crippen MR) is 106 cm³/mol. The molecule has 2 aliphatic rings. The molecule has 8 heteroatoms. The molecular weight excluding hydrogens is 395 g/mol. The fourth-order valence-electron chi connectivity index (χ4n) is 4.24. The molecule has 158 valence electrons. The zero-order valence-corrected chi connectivity index (χ0v) is 16.5. The number of amides is 2. The van der Waals surface area contributed by atoms with Gasteiger partial charge in [0, 0.05) is 25.7 Å². The minimum absolute atomic E-state index is 0.00135. The van der Waals surface area contributed by atoms with E-state index in [1.165, 1.54) is 18.2 Å². The van der Waals surface area contributed by atoms with Crippen LogP contribution in [-0.4, -0.2) is 36.5 Å². The van der Waals surface area contributed by atoms with E-state index in [0.717, 1.165) is 25.3 Å². The van der Waals surface area contributed by atoms with Crippen molar-refractivity contribution >= 4 is 17.5 Å². The number of hydrogen-bond acceptors (Lipinski definition) is 3. The van der Waals surface area contributed by atoms with Gasteiger partial charge in [-0.1, -0.05) is 18.2 Å². The van der Waals surface area contributed by atoms with Crippen molar-refractivity contribution in [3.8, 4) is 0 Å². The number of alkyl halides is 3. The van der Waals surface area contributed by atoms with Gasteiger partial charge in [-0.05, 0) is 49.1 Å². The third kappa shape index (κ3) is 3.62. The Morgan fingerprint density at radius 1 is 1.17 bits per heavy atom. The van der Waals surface area contributed by atoms with Crippen molar-refractivity contribution in [3.63, 3.8) is 0 Å². The Morgan fingerprint density at radius 2 is 1.93 bits per heavy atom. The highest BCUT2D eigenvalue weighted by Gasteiger charge is 2.37. The van der Waals surface area contributed by atoms with E-state index in [-0.39, 0.29) is 24.2 Å². The molecule has 4 rings (SSSR count). The Bertz CT molecular complexity index is 990. The van der Waals surface area contributed by atoms with Gasteiger partial charge in [0.15, 0.2) is 0 Å². The van der Waals surface area contributed by atoms with E-state index in [1.807, 2.05) is 16.8 Å². The average Bonchev–Trinajstić information content (AvgIpc) is 2.75. The highest BCUT2D eigenvalue weighted by molar-refractivity contribution is 6.04. The van der Waals surface area contributed by atoms with E-state index >= 15 is 0 Å². The number of rotatable bonds is 3. The molecule has 0 unspecified atom stereocenters. The van der Waals surface area contributed by atoms with Gasteiger partial charge in [0.05, 0.1) is 16.8 Å². The van der Waals surface area contributed by atoms with Crippen LogP contribution in [0.2, 0.25) is 0 Å². The van der Waals surface area contributed by atoms with Crippen molar-refractivity contribution in [1.82, 2.24) is 10.2 Å². The first kappa shape index (κ1) is 20.3. The molecular formula is C22H22F3N3O2. The number of carbonyl (C=O) groups is 2. The van der Waals surface area contributed by atoms with Gasteiger partial charge in [0.2, 0.25) is 0 Å². The summed E-state index contributed by atoms with van der Waals surface area (Å²) in [6.07, 6.45) is -1.64. The van der Waals surface area contributed by atoms with Crippen LogP contribution in [0.4, 0.5) is 18.9 Å². The Labute approximate surface area is 172 Å². The summed E-state index contributed by atoms with van der Waals surface area (Å²) in [5.41, 5.74) is 0.753. The highest BCUT2D eigenvalue weighted by atomic mass is 19.4. The van der Waals surface area contributed by atoms with Crippen molar-refractivity contribution < 1.29 is 22.8 Å². The van der Waals surface area contributed by atoms with E-state index in [4.69, 9.17) is 0 Å².